The van der Waals surface area contributed by atoms with Crippen LogP contribution in [0.15, 0.2) is 48.5 Å². The topological polar surface area (TPSA) is 41.6 Å². The van der Waals surface area contributed by atoms with Crippen LogP contribution in [0.2, 0.25) is 0 Å². The Morgan fingerprint density at radius 2 is 1.88 bits per heavy atom. The van der Waals surface area contributed by atoms with E-state index < -0.39 is 6.10 Å². The van der Waals surface area contributed by atoms with Gasteiger partial charge >= 0.3 is 0 Å². The van der Waals surface area contributed by atoms with Crippen molar-refractivity contribution in [2.75, 3.05) is 37.0 Å². The lowest BCUT2D eigenvalue weighted by atomic mass is 10.0. The first-order chi connectivity index (χ1) is 12.7. The Labute approximate surface area is 159 Å². The summed E-state index contributed by atoms with van der Waals surface area (Å²) < 4.78 is 5.44. The van der Waals surface area contributed by atoms with Crippen molar-refractivity contribution in [1.29, 1.82) is 0 Å². The highest BCUT2D eigenvalue weighted by Crippen LogP contribution is 2.24. The minimum absolute atomic E-state index is 0.145. The molecule has 138 valence electrons. The van der Waals surface area contributed by atoms with Gasteiger partial charge in [-0.2, -0.15) is 11.8 Å². The van der Waals surface area contributed by atoms with E-state index >= 15 is 0 Å². The molecule has 1 aliphatic rings. The van der Waals surface area contributed by atoms with Gasteiger partial charge in [-0.05, 0) is 29.7 Å². The highest BCUT2D eigenvalue weighted by molar-refractivity contribution is 7.99. The molecule has 3 rings (SSSR count). The highest BCUT2D eigenvalue weighted by Gasteiger charge is 2.21. The zero-order valence-electron chi connectivity index (χ0n) is 15.4. The normalized spacial score (nSPS) is 16.2. The molecule has 2 aromatic rings. The Kier molecular flexibility index (Phi) is 6.72. The van der Waals surface area contributed by atoms with Gasteiger partial charge in [0, 0.05) is 43.9 Å². The Morgan fingerprint density at radius 3 is 2.58 bits per heavy atom. The second-order valence-electron chi connectivity index (χ2n) is 6.49. The number of benzene rings is 2. The van der Waals surface area contributed by atoms with E-state index in [1.54, 1.807) is 7.11 Å². The summed E-state index contributed by atoms with van der Waals surface area (Å²) >= 11 is 2.02. The number of amides is 1. The molecule has 1 amide bonds. The number of carbonyl (C=O) groups excluding carboxylic acids is 1. The van der Waals surface area contributed by atoms with Crippen molar-refractivity contribution in [2.24, 2.45) is 0 Å². The molecule has 0 radical (unpaired) electrons. The average Bonchev–Trinajstić information content (AvgIpc) is 2.67. The van der Waals surface area contributed by atoms with Gasteiger partial charge < -0.3 is 10.1 Å². The van der Waals surface area contributed by atoms with Crippen molar-refractivity contribution in [1.82, 2.24) is 4.90 Å². The lowest BCUT2D eigenvalue weighted by Crippen LogP contribution is -2.32. The molecule has 0 aromatic heterocycles. The van der Waals surface area contributed by atoms with Crippen molar-refractivity contribution >= 4 is 23.4 Å². The minimum Gasteiger partial charge on any atom is -0.367 e. The Morgan fingerprint density at radius 1 is 1.15 bits per heavy atom. The monoisotopic (exact) mass is 370 g/mol. The van der Waals surface area contributed by atoms with Gasteiger partial charge in [-0.3, -0.25) is 9.69 Å². The number of hydrogen-bond donors (Lipinski definition) is 1. The van der Waals surface area contributed by atoms with E-state index in [0.29, 0.717) is 0 Å². The lowest BCUT2D eigenvalue weighted by molar-refractivity contribution is -0.126. The number of anilines is 1. The van der Waals surface area contributed by atoms with Crippen molar-refractivity contribution < 1.29 is 9.53 Å². The predicted octanol–water partition coefficient (Wildman–Crippen LogP) is 3.87. The fraction of sp³-hybridized carbons (Fsp3) is 0.381. The summed E-state index contributed by atoms with van der Waals surface area (Å²) in [6.45, 7) is 5.26. The molecule has 26 heavy (non-hydrogen) atoms. The Bertz CT molecular complexity index is 730. The standard InChI is InChI=1S/C21H26N2O2S/c1-16-18(15-23-11-13-26-14-12-23)9-6-10-19(16)22-21(24)20(25-2)17-7-4-3-5-8-17/h3-10,20H,11-15H2,1-2H3,(H,22,24)/t20-/m1/s1. The van der Waals surface area contributed by atoms with E-state index in [2.05, 4.69) is 23.2 Å². The maximum absolute atomic E-state index is 12.7. The van der Waals surface area contributed by atoms with Crippen LogP contribution in [0.1, 0.15) is 22.8 Å². The Hall–Kier alpha value is -1.82. The van der Waals surface area contributed by atoms with E-state index in [4.69, 9.17) is 4.74 Å². The van der Waals surface area contributed by atoms with Crippen LogP contribution < -0.4 is 5.32 Å². The largest absolute Gasteiger partial charge is 0.367 e. The zero-order chi connectivity index (χ0) is 18.4. The lowest BCUT2D eigenvalue weighted by Gasteiger charge is -2.27. The summed E-state index contributed by atoms with van der Waals surface area (Å²) in [5.41, 5.74) is 4.11. The predicted molar refractivity (Wildman–Crippen MR) is 109 cm³/mol. The fourth-order valence-electron chi connectivity index (χ4n) is 3.21. The smallest absolute Gasteiger partial charge is 0.258 e. The van der Waals surface area contributed by atoms with Crippen LogP contribution >= 0.6 is 11.8 Å². The highest BCUT2D eigenvalue weighted by atomic mass is 32.2. The van der Waals surface area contributed by atoms with Gasteiger partial charge in [-0.25, -0.2) is 0 Å². The summed E-state index contributed by atoms with van der Waals surface area (Å²) in [5.74, 6) is 2.25. The van der Waals surface area contributed by atoms with Gasteiger partial charge in [0.2, 0.25) is 0 Å². The Balaban J connectivity index is 1.72. The van der Waals surface area contributed by atoms with E-state index in [1.807, 2.05) is 54.2 Å². The van der Waals surface area contributed by atoms with Gasteiger partial charge in [0.05, 0.1) is 0 Å². The van der Waals surface area contributed by atoms with E-state index in [0.717, 1.165) is 36.4 Å². The molecule has 0 aliphatic carbocycles. The average molecular weight is 371 g/mol. The van der Waals surface area contributed by atoms with Gasteiger partial charge in [-0.1, -0.05) is 42.5 Å². The maximum atomic E-state index is 12.7. The number of methoxy groups -OCH3 is 1. The molecular formula is C21H26N2O2S. The quantitative estimate of drug-likeness (QED) is 0.838. The number of hydrogen-bond acceptors (Lipinski definition) is 4. The number of nitrogens with zero attached hydrogens (tertiary/aromatic N) is 1. The minimum atomic E-state index is -0.613. The van der Waals surface area contributed by atoms with Crippen LogP contribution in [0.3, 0.4) is 0 Å². The van der Waals surface area contributed by atoms with Crippen LogP contribution in [0.4, 0.5) is 5.69 Å². The summed E-state index contributed by atoms with van der Waals surface area (Å²) in [6, 6.07) is 15.7. The first kappa shape index (κ1) is 19.0. The van der Waals surface area contributed by atoms with Crippen LogP contribution in [-0.2, 0) is 16.1 Å². The summed E-state index contributed by atoms with van der Waals surface area (Å²) in [6.07, 6.45) is -0.613. The number of nitrogens with one attached hydrogen (secondary N) is 1. The second-order valence-corrected chi connectivity index (χ2v) is 7.72. The second kappa shape index (κ2) is 9.21. The van der Waals surface area contributed by atoms with Crippen LogP contribution in [0, 0.1) is 6.92 Å². The van der Waals surface area contributed by atoms with Crippen molar-refractivity contribution in [3.63, 3.8) is 0 Å². The van der Waals surface area contributed by atoms with Crippen LogP contribution in [-0.4, -0.2) is 42.5 Å². The SMILES string of the molecule is CO[C@@H](C(=O)Nc1cccc(CN2CCSCC2)c1C)c1ccccc1. The summed E-state index contributed by atoms with van der Waals surface area (Å²) in [7, 11) is 1.56. The molecule has 0 saturated carbocycles. The van der Waals surface area contributed by atoms with Crippen LogP contribution in [0.25, 0.3) is 0 Å². The molecule has 5 heteroatoms. The van der Waals surface area contributed by atoms with Crippen molar-refractivity contribution in [2.45, 2.75) is 19.6 Å². The van der Waals surface area contributed by atoms with Crippen molar-refractivity contribution in [3.8, 4) is 0 Å². The molecule has 2 aromatic carbocycles. The molecule has 1 heterocycles. The third-order valence-electron chi connectivity index (χ3n) is 4.78. The van der Waals surface area contributed by atoms with Gasteiger partial charge in [0.15, 0.2) is 6.10 Å². The van der Waals surface area contributed by atoms with E-state index in [-0.39, 0.29) is 5.91 Å². The molecule has 0 spiro atoms. The number of carbonyl (C=O) groups is 1. The molecule has 0 unspecified atom stereocenters. The molecule has 0 bridgehead atoms. The van der Waals surface area contributed by atoms with E-state index in [1.165, 1.54) is 17.1 Å². The third-order valence-corrected chi connectivity index (χ3v) is 5.72. The van der Waals surface area contributed by atoms with Crippen LogP contribution in [0.5, 0.6) is 0 Å². The fourth-order valence-corrected chi connectivity index (χ4v) is 4.19. The number of thioether (sulfide) groups is 1. The molecule has 1 aliphatic heterocycles. The summed E-state index contributed by atoms with van der Waals surface area (Å²) in [4.78, 5) is 15.2. The number of ether oxygens (including phenoxy) is 1. The van der Waals surface area contributed by atoms with Gasteiger partial charge in [0.25, 0.3) is 5.91 Å². The summed E-state index contributed by atoms with van der Waals surface area (Å²) in [5, 5.41) is 3.05. The van der Waals surface area contributed by atoms with Gasteiger partial charge in [-0.15, -0.1) is 0 Å². The maximum Gasteiger partial charge on any atom is 0.258 e. The third kappa shape index (κ3) is 4.67. The molecular weight excluding hydrogens is 344 g/mol. The molecule has 1 saturated heterocycles. The molecule has 1 fully saturated rings. The first-order valence-electron chi connectivity index (χ1n) is 8.96. The van der Waals surface area contributed by atoms with Gasteiger partial charge in [0.1, 0.15) is 0 Å². The molecule has 4 nitrogen and oxygen atoms in total. The first-order valence-corrected chi connectivity index (χ1v) is 10.1. The zero-order valence-corrected chi connectivity index (χ0v) is 16.2. The molecule has 1 N–H and O–H groups in total. The molecule has 1 atom stereocenters. The number of rotatable bonds is 6. The van der Waals surface area contributed by atoms with E-state index in [9.17, 15) is 4.79 Å². The van der Waals surface area contributed by atoms with Crippen molar-refractivity contribution in [3.05, 3.63) is 65.2 Å².